The van der Waals surface area contributed by atoms with Crippen molar-refractivity contribution >= 4 is 15.9 Å². The van der Waals surface area contributed by atoms with Crippen LogP contribution in [0.2, 0.25) is 0 Å². The van der Waals surface area contributed by atoms with Crippen molar-refractivity contribution in [1.82, 2.24) is 4.90 Å². The molecule has 2 rings (SSSR count). The van der Waals surface area contributed by atoms with E-state index in [1.165, 1.54) is 35.7 Å². The predicted molar refractivity (Wildman–Crippen MR) is 89.9 cm³/mol. The second kappa shape index (κ2) is 6.59. The van der Waals surface area contributed by atoms with Crippen molar-refractivity contribution in [3.8, 4) is 0 Å². The summed E-state index contributed by atoms with van der Waals surface area (Å²) >= 11 is 3.64. The molecule has 1 aliphatic carbocycles. The molecule has 0 spiro atoms. The van der Waals surface area contributed by atoms with E-state index in [0.717, 1.165) is 12.3 Å². The van der Waals surface area contributed by atoms with Crippen LogP contribution in [0.1, 0.15) is 38.2 Å². The molecule has 2 nitrogen and oxygen atoms in total. The summed E-state index contributed by atoms with van der Waals surface area (Å²) in [6.07, 6.45) is 5.96. The first-order valence-corrected chi connectivity index (χ1v) is 8.41. The van der Waals surface area contributed by atoms with E-state index >= 15 is 0 Å². The van der Waals surface area contributed by atoms with Crippen LogP contribution >= 0.6 is 15.9 Å². The fraction of sp³-hybridized carbons (Fsp3) is 0.647. The lowest BCUT2D eigenvalue weighted by atomic mass is 9.71. The van der Waals surface area contributed by atoms with Gasteiger partial charge in [0.05, 0.1) is 0 Å². The first-order chi connectivity index (χ1) is 9.45. The Morgan fingerprint density at radius 2 is 1.90 bits per heavy atom. The van der Waals surface area contributed by atoms with Crippen molar-refractivity contribution in [3.05, 3.63) is 34.3 Å². The van der Waals surface area contributed by atoms with E-state index in [1.54, 1.807) is 0 Å². The minimum atomic E-state index is 0.155. The third kappa shape index (κ3) is 3.26. The molecule has 0 aromatic heterocycles. The van der Waals surface area contributed by atoms with Crippen molar-refractivity contribution in [2.24, 2.45) is 11.7 Å². The standard InChI is InChI=1S/C17H27BrN2/c1-13-8-10-17(11-9-13,20(2)3)16(19)12-14-6-4-5-7-15(14)18/h4-7,13,16H,8-12,19H2,1-3H3. The van der Waals surface area contributed by atoms with E-state index in [-0.39, 0.29) is 11.6 Å². The molecular formula is C17H27BrN2. The van der Waals surface area contributed by atoms with Gasteiger partial charge in [-0.3, -0.25) is 0 Å². The fourth-order valence-corrected chi connectivity index (χ4v) is 3.95. The normalized spacial score (nSPS) is 28.6. The lowest BCUT2D eigenvalue weighted by molar-refractivity contribution is 0.0568. The molecule has 0 bridgehead atoms. The lowest BCUT2D eigenvalue weighted by Crippen LogP contribution is -2.59. The van der Waals surface area contributed by atoms with Crippen LogP contribution in [0, 0.1) is 5.92 Å². The van der Waals surface area contributed by atoms with Crippen molar-refractivity contribution in [3.63, 3.8) is 0 Å². The molecule has 112 valence electrons. The highest BCUT2D eigenvalue weighted by atomic mass is 79.9. The largest absolute Gasteiger partial charge is 0.326 e. The monoisotopic (exact) mass is 338 g/mol. The summed E-state index contributed by atoms with van der Waals surface area (Å²) < 4.78 is 1.17. The number of benzene rings is 1. The molecule has 0 aliphatic heterocycles. The molecule has 1 saturated carbocycles. The summed E-state index contributed by atoms with van der Waals surface area (Å²) in [7, 11) is 4.38. The molecule has 1 aliphatic rings. The molecule has 1 fully saturated rings. The van der Waals surface area contributed by atoms with Crippen LogP contribution < -0.4 is 5.73 Å². The van der Waals surface area contributed by atoms with Gasteiger partial charge in [0.2, 0.25) is 0 Å². The van der Waals surface area contributed by atoms with Crippen molar-refractivity contribution in [2.75, 3.05) is 14.1 Å². The zero-order chi connectivity index (χ0) is 14.8. The number of nitrogens with zero attached hydrogens (tertiary/aromatic N) is 1. The van der Waals surface area contributed by atoms with E-state index in [1.807, 2.05) is 0 Å². The molecule has 0 heterocycles. The Morgan fingerprint density at radius 1 is 1.30 bits per heavy atom. The topological polar surface area (TPSA) is 29.3 Å². The Morgan fingerprint density at radius 3 is 2.45 bits per heavy atom. The number of hydrogen-bond acceptors (Lipinski definition) is 2. The van der Waals surface area contributed by atoms with Crippen LogP contribution in [0.25, 0.3) is 0 Å². The summed E-state index contributed by atoms with van der Waals surface area (Å²) in [6, 6.07) is 8.62. The second-order valence-electron chi connectivity index (χ2n) is 6.58. The van der Waals surface area contributed by atoms with Crippen molar-refractivity contribution < 1.29 is 0 Å². The van der Waals surface area contributed by atoms with Gasteiger partial charge in [0.1, 0.15) is 0 Å². The zero-order valence-corrected chi connectivity index (χ0v) is 14.5. The predicted octanol–water partition coefficient (Wildman–Crippen LogP) is 3.83. The molecule has 0 amide bonds. The number of rotatable bonds is 4. The van der Waals surface area contributed by atoms with Gasteiger partial charge >= 0.3 is 0 Å². The Kier molecular flexibility index (Phi) is 5.27. The molecule has 2 N–H and O–H groups in total. The summed E-state index contributed by atoms with van der Waals surface area (Å²) in [4.78, 5) is 2.38. The fourth-order valence-electron chi connectivity index (χ4n) is 3.50. The molecule has 20 heavy (non-hydrogen) atoms. The molecule has 0 radical (unpaired) electrons. The molecule has 1 aromatic rings. The van der Waals surface area contributed by atoms with Gasteiger partial charge in [-0.15, -0.1) is 0 Å². The van der Waals surface area contributed by atoms with E-state index in [0.29, 0.717) is 0 Å². The van der Waals surface area contributed by atoms with Crippen LogP contribution in [0.4, 0.5) is 0 Å². The Labute approximate surface area is 131 Å². The molecule has 0 saturated heterocycles. The Bertz CT molecular complexity index is 436. The minimum absolute atomic E-state index is 0.155. The first-order valence-electron chi connectivity index (χ1n) is 7.62. The average molecular weight is 339 g/mol. The molecule has 1 atom stereocenters. The van der Waals surface area contributed by atoms with Gasteiger partial charge in [0.25, 0.3) is 0 Å². The van der Waals surface area contributed by atoms with Gasteiger partial charge in [-0.25, -0.2) is 0 Å². The van der Waals surface area contributed by atoms with Gasteiger partial charge in [-0.2, -0.15) is 0 Å². The van der Waals surface area contributed by atoms with Gasteiger partial charge < -0.3 is 10.6 Å². The number of halogens is 1. The Hall–Kier alpha value is -0.380. The van der Waals surface area contributed by atoms with Gasteiger partial charge in [0, 0.05) is 16.1 Å². The molecule has 3 heteroatoms. The maximum atomic E-state index is 6.67. The van der Waals surface area contributed by atoms with E-state index in [4.69, 9.17) is 5.73 Å². The van der Waals surface area contributed by atoms with E-state index < -0.39 is 0 Å². The number of likely N-dealkylation sites (N-methyl/N-ethyl adjacent to an activating group) is 1. The van der Waals surface area contributed by atoms with Crippen molar-refractivity contribution in [1.29, 1.82) is 0 Å². The third-order valence-electron chi connectivity index (χ3n) is 5.12. The smallest absolute Gasteiger partial charge is 0.0357 e. The third-order valence-corrected chi connectivity index (χ3v) is 5.89. The van der Waals surface area contributed by atoms with Crippen LogP contribution in [0.15, 0.2) is 28.7 Å². The zero-order valence-electron chi connectivity index (χ0n) is 12.9. The molecule has 1 aromatic carbocycles. The Balaban J connectivity index is 2.16. The van der Waals surface area contributed by atoms with Crippen LogP contribution in [-0.4, -0.2) is 30.6 Å². The van der Waals surface area contributed by atoms with E-state index in [9.17, 15) is 0 Å². The maximum Gasteiger partial charge on any atom is 0.0357 e. The van der Waals surface area contributed by atoms with Crippen molar-refractivity contribution in [2.45, 2.75) is 50.6 Å². The quantitative estimate of drug-likeness (QED) is 0.903. The van der Waals surface area contributed by atoms with Crippen LogP contribution in [0.5, 0.6) is 0 Å². The summed E-state index contributed by atoms with van der Waals surface area (Å²) in [5.74, 6) is 0.846. The highest BCUT2D eigenvalue weighted by molar-refractivity contribution is 9.10. The molecule has 1 unspecified atom stereocenters. The highest BCUT2D eigenvalue weighted by Crippen LogP contribution is 2.38. The number of hydrogen-bond donors (Lipinski definition) is 1. The first kappa shape index (κ1) is 16.0. The van der Waals surface area contributed by atoms with Crippen LogP contribution in [-0.2, 0) is 6.42 Å². The summed E-state index contributed by atoms with van der Waals surface area (Å²) in [6.45, 7) is 2.36. The van der Waals surface area contributed by atoms with Crippen LogP contribution in [0.3, 0.4) is 0 Å². The molecular weight excluding hydrogens is 312 g/mol. The summed E-state index contributed by atoms with van der Waals surface area (Å²) in [5, 5.41) is 0. The summed E-state index contributed by atoms with van der Waals surface area (Å²) in [5.41, 5.74) is 8.14. The maximum absolute atomic E-state index is 6.67. The highest BCUT2D eigenvalue weighted by Gasteiger charge is 2.41. The number of nitrogens with two attached hydrogens (primary N) is 1. The SMILES string of the molecule is CC1CCC(C(N)Cc2ccccc2Br)(N(C)C)CC1. The van der Waals surface area contributed by atoms with Gasteiger partial charge in [-0.05, 0) is 63.7 Å². The second-order valence-corrected chi connectivity index (χ2v) is 7.44. The lowest BCUT2D eigenvalue weighted by Gasteiger charge is -2.48. The minimum Gasteiger partial charge on any atom is -0.326 e. The van der Waals surface area contributed by atoms with E-state index in [2.05, 4.69) is 66.1 Å². The van der Waals surface area contributed by atoms with Gasteiger partial charge in [-0.1, -0.05) is 41.1 Å². The average Bonchev–Trinajstić information content (AvgIpc) is 2.42. The van der Waals surface area contributed by atoms with Gasteiger partial charge in [0.15, 0.2) is 0 Å².